The fourth-order valence-electron chi connectivity index (χ4n) is 1.59. The average molecular weight is 377 g/mol. The van der Waals surface area contributed by atoms with Crippen molar-refractivity contribution < 1.29 is 9.84 Å². The molecule has 0 saturated carbocycles. The molecule has 0 radical (unpaired) electrons. The molecule has 0 aliphatic carbocycles. The summed E-state index contributed by atoms with van der Waals surface area (Å²) in [5.74, 6) is 0.703. The van der Waals surface area contributed by atoms with Crippen molar-refractivity contribution in [3.8, 4) is 5.75 Å². The van der Waals surface area contributed by atoms with E-state index in [1.807, 2.05) is 11.4 Å². The second kappa shape index (κ2) is 8.00. The number of aliphatic hydroxyl groups excluding tert-OH is 1. The molecule has 1 heterocycles. The maximum Gasteiger partial charge on any atom is 0.119 e. The van der Waals surface area contributed by atoms with E-state index in [9.17, 15) is 5.11 Å². The van der Waals surface area contributed by atoms with Crippen molar-refractivity contribution in [3.63, 3.8) is 0 Å². The summed E-state index contributed by atoms with van der Waals surface area (Å²) in [4.78, 5) is 1.22. The number of hydrogen-bond donors (Lipinski definition) is 2. The van der Waals surface area contributed by atoms with Gasteiger partial charge in [-0.15, -0.1) is 11.3 Å². The SMILES string of the molecule is OC(CNCc1sccc1Br)COc1ccc(Cl)cc1. The van der Waals surface area contributed by atoms with Crippen LogP contribution in [0.4, 0.5) is 0 Å². The Hall–Kier alpha value is -0.590. The van der Waals surface area contributed by atoms with Crippen molar-refractivity contribution in [2.45, 2.75) is 12.6 Å². The molecule has 0 spiro atoms. The zero-order valence-corrected chi connectivity index (χ0v) is 13.8. The molecule has 0 bridgehead atoms. The summed E-state index contributed by atoms with van der Waals surface area (Å²) >= 11 is 10.9. The standard InChI is InChI=1S/C14H15BrClNO2S/c15-13-5-6-20-14(13)8-17-7-11(18)9-19-12-3-1-10(16)2-4-12/h1-6,11,17-18H,7-9H2. The lowest BCUT2D eigenvalue weighted by molar-refractivity contribution is 0.106. The summed E-state index contributed by atoms with van der Waals surface area (Å²) in [5.41, 5.74) is 0. The van der Waals surface area contributed by atoms with Crippen LogP contribution in [0.15, 0.2) is 40.2 Å². The third-order valence-electron chi connectivity index (χ3n) is 2.61. The van der Waals surface area contributed by atoms with E-state index in [2.05, 4.69) is 21.2 Å². The normalized spacial score (nSPS) is 12.3. The number of nitrogens with one attached hydrogen (secondary N) is 1. The Bertz CT molecular complexity index is 532. The molecule has 0 aliphatic heterocycles. The molecule has 6 heteroatoms. The molecular weight excluding hydrogens is 362 g/mol. The predicted molar refractivity (Wildman–Crippen MR) is 86.7 cm³/mol. The summed E-state index contributed by atoms with van der Waals surface area (Å²) in [5, 5.41) is 15.7. The molecule has 1 aromatic heterocycles. The first kappa shape index (κ1) is 15.8. The molecule has 1 aromatic carbocycles. The fraction of sp³-hybridized carbons (Fsp3) is 0.286. The zero-order valence-electron chi connectivity index (χ0n) is 10.7. The van der Waals surface area contributed by atoms with Gasteiger partial charge in [-0.3, -0.25) is 0 Å². The van der Waals surface area contributed by atoms with E-state index >= 15 is 0 Å². The van der Waals surface area contributed by atoms with E-state index in [-0.39, 0.29) is 6.61 Å². The summed E-state index contributed by atoms with van der Waals surface area (Å²) < 4.78 is 6.58. The van der Waals surface area contributed by atoms with Crippen LogP contribution >= 0.6 is 38.9 Å². The van der Waals surface area contributed by atoms with Crippen LogP contribution in [0.2, 0.25) is 5.02 Å². The van der Waals surface area contributed by atoms with E-state index in [4.69, 9.17) is 16.3 Å². The Labute approximate surface area is 135 Å². The number of aliphatic hydroxyl groups is 1. The van der Waals surface area contributed by atoms with E-state index < -0.39 is 6.10 Å². The van der Waals surface area contributed by atoms with Gasteiger partial charge in [0.25, 0.3) is 0 Å². The maximum atomic E-state index is 9.84. The van der Waals surface area contributed by atoms with Gasteiger partial charge < -0.3 is 15.2 Å². The first-order chi connectivity index (χ1) is 9.65. The quantitative estimate of drug-likeness (QED) is 0.774. The smallest absolute Gasteiger partial charge is 0.119 e. The minimum absolute atomic E-state index is 0.250. The Morgan fingerprint density at radius 2 is 2.05 bits per heavy atom. The van der Waals surface area contributed by atoms with E-state index in [1.165, 1.54) is 4.88 Å². The fourth-order valence-corrected chi connectivity index (χ4v) is 3.17. The number of benzene rings is 1. The van der Waals surface area contributed by atoms with E-state index in [0.29, 0.717) is 17.3 Å². The molecule has 2 rings (SSSR count). The van der Waals surface area contributed by atoms with E-state index in [0.717, 1.165) is 11.0 Å². The van der Waals surface area contributed by atoms with Gasteiger partial charge in [-0.2, -0.15) is 0 Å². The summed E-state index contributed by atoms with van der Waals surface area (Å²) in [6.07, 6.45) is -0.551. The minimum Gasteiger partial charge on any atom is -0.491 e. The topological polar surface area (TPSA) is 41.5 Å². The molecule has 108 valence electrons. The van der Waals surface area contributed by atoms with Crippen molar-refractivity contribution in [2.24, 2.45) is 0 Å². The molecule has 2 aromatic rings. The second-order valence-corrected chi connectivity index (χ2v) is 6.53. The van der Waals surface area contributed by atoms with Crippen molar-refractivity contribution in [2.75, 3.05) is 13.2 Å². The predicted octanol–water partition coefficient (Wildman–Crippen LogP) is 3.69. The van der Waals surface area contributed by atoms with Gasteiger partial charge >= 0.3 is 0 Å². The van der Waals surface area contributed by atoms with Crippen molar-refractivity contribution >= 4 is 38.9 Å². The van der Waals surface area contributed by atoms with Crippen molar-refractivity contribution in [3.05, 3.63) is 50.1 Å². The first-order valence-corrected chi connectivity index (χ1v) is 8.19. The van der Waals surface area contributed by atoms with Crippen molar-refractivity contribution in [1.29, 1.82) is 0 Å². The molecule has 0 amide bonds. The van der Waals surface area contributed by atoms with Gasteiger partial charge in [-0.1, -0.05) is 11.6 Å². The molecule has 20 heavy (non-hydrogen) atoms. The highest BCUT2D eigenvalue weighted by Crippen LogP contribution is 2.22. The highest BCUT2D eigenvalue weighted by atomic mass is 79.9. The van der Waals surface area contributed by atoms with Crippen LogP contribution in [0.25, 0.3) is 0 Å². The second-order valence-electron chi connectivity index (χ2n) is 4.24. The Kier molecular flexibility index (Phi) is 6.32. The molecule has 0 fully saturated rings. The minimum atomic E-state index is -0.551. The van der Waals surface area contributed by atoms with Crippen LogP contribution in [0.1, 0.15) is 4.88 Å². The van der Waals surface area contributed by atoms with Crippen LogP contribution in [0.3, 0.4) is 0 Å². The van der Waals surface area contributed by atoms with Gasteiger partial charge in [0.1, 0.15) is 18.5 Å². The Morgan fingerprint density at radius 1 is 1.30 bits per heavy atom. The van der Waals surface area contributed by atoms with Crippen LogP contribution < -0.4 is 10.1 Å². The molecule has 1 atom stereocenters. The Morgan fingerprint density at radius 3 is 2.70 bits per heavy atom. The van der Waals surface area contributed by atoms with Crippen LogP contribution in [0, 0.1) is 0 Å². The molecule has 1 unspecified atom stereocenters. The lowest BCUT2D eigenvalue weighted by atomic mass is 10.3. The number of hydrogen-bond acceptors (Lipinski definition) is 4. The first-order valence-electron chi connectivity index (χ1n) is 6.14. The zero-order chi connectivity index (χ0) is 14.4. The van der Waals surface area contributed by atoms with Gasteiger partial charge in [-0.25, -0.2) is 0 Å². The van der Waals surface area contributed by atoms with Gasteiger partial charge in [0.2, 0.25) is 0 Å². The summed E-state index contributed by atoms with van der Waals surface area (Å²) in [6.45, 7) is 1.47. The van der Waals surface area contributed by atoms with Gasteiger partial charge in [0.05, 0.1) is 0 Å². The number of thiophene rings is 1. The number of halogens is 2. The van der Waals surface area contributed by atoms with Gasteiger partial charge in [-0.05, 0) is 51.6 Å². The Balaban J connectivity index is 1.66. The van der Waals surface area contributed by atoms with Crippen LogP contribution in [-0.4, -0.2) is 24.4 Å². The third-order valence-corrected chi connectivity index (χ3v) is 4.79. The highest BCUT2D eigenvalue weighted by Gasteiger charge is 2.06. The largest absolute Gasteiger partial charge is 0.491 e. The molecular formula is C14H15BrClNO2S. The highest BCUT2D eigenvalue weighted by molar-refractivity contribution is 9.10. The number of rotatable bonds is 7. The van der Waals surface area contributed by atoms with E-state index in [1.54, 1.807) is 35.6 Å². The third kappa shape index (κ3) is 5.07. The van der Waals surface area contributed by atoms with Gasteiger partial charge in [0, 0.05) is 27.5 Å². The van der Waals surface area contributed by atoms with Crippen molar-refractivity contribution in [1.82, 2.24) is 5.32 Å². The lowest BCUT2D eigenvalue weighted by Gasteiger charge is -2.13. The molecule has 3 nitrogen and oxygen atoms in total. The lowest BCUT2D eigenvalue weighted by Crippen LogP contribution is -2.31. The molecule has 0 aliphatic rings. The van der Waals surface area contributed by atoms with Crippen LogP contribution in [0.5, 0.6) is 5.75 Å². The average Bonchev–Trinajstić information content (AvgIpc) is 2.84. The monoisotopic (exact) mass is 375 g/mol. The number of ether oxygens (including phenoxy) is 1. The maximum absolute atomic E-state index is 9.84. The molecule has 0 saturated heterocycles. The molecule has 2 N–H and O–H groups in total. The van der Waals surface area contributed by atoms with Crippen LogP contribution in [-0.2, 0) is 6.54 Å². The summed E-state index contributed by atoms with van der Waals surface area (Å²) in [6, 6.07) is 9.10. The van der Waals surface area contributed by atoms with Gasteiger partial charge in [0.15, 0.2) is 0 Å². The summed E-state index contributed by atoms with van der Waals surface area (Å²) in [7, 11) is 0.